The van der Waals surface area contributed by atoms with Crippen LogP contribution in [0.4, 0.5) is 0 Å². The number of aryl methyl sites for hydroxylation is 2. The Morgan fingerprint density at radius 2 is 1.63 bits per heavy atom. The van der Waals surface area contributed by atoms with Gasteiger partial charge in [0.1, 0.15) is 0 Å². The number of benzene rings is 3. The third-order valence-electron chi connectivity index (χ3n) is 4.97. The van der Waals surface area contributed by atoms with Gasteiger partial charge in [0, 0.05) is 26.6 Å². The van der Waals surface area contributed by atoms with Crippen LogP contribution in [0.1, 0.15) is 12.0 Å². The SMILES string of the molecule is Cn1c(=O)n(CCC(=O)NCc2cccc3ccccc23)c2ccccc21. The Bertz CT molecular complexity index is 1180. The van der Waals surface area contributed by atoms with E-state index in [0.717, 1.165) is 27.4 Å². The number of hydrogen-bond donors (Lipinski definition) is 1. The summed E-state index contributed by atoms with van der Waals surface area (Å²) in [6.07, 6.45) is 0.263. The van der Waals surface area contributed by atoms with Gasteiger partial charge in [-0.05, 0) is 28.5 Å². The predicted molar refractivity (Wildman–Crippen MR) is 108 cm³/mol. The second-order valence-electron chi connectivity index (χ2n) is 6.65. The summed E-state index contributed by atoms with van der Waals surface area (Å²) in [6, 6.07) is 21.8. The fourth-order valence-corrected chi connectivity index (χ4v) is 3.52. The number of fused-ring (bicyclic) bond motifs is 2. The number of hydrogen-bond acceptors (Lipinski definition) is 2. The van der Waals surface area contributed by atoms with Crippen molar-refractivity contribution in [2.75, 3.05) is 0 Å². The van der Waals surface area contributed by atoms with Crippen molar-refractivity contribution in [3.05, 3.63) is 82.8 Å². The molecule has 0 spiro atoms. The number of para-hydroxylation sites is 2. The average Bonchev–Trinajstić information content (AvgIpc) is 2.95. The van der Waals surface area contributed by atoms with Gasteiger partial charge in [-0.15, -0.1) is 0 Å². The highest BCUT2D eigenvalue weighted by atomic mass is 16.2. The van der Waals surface area contributed by atoms with Crippen molar-refractivity contribution >= 4 is 27.7 Å². The highest BCUT2D eigenvalue weighted by molar-refractivity contribution is 5.86. The lowest BCUT2D eigenvalue weighted by Crippen LogP contribution is -2.27. The van der Waals surface area contributed by atoms with Crippen molar-refractivity contribution in [1.29, 1.82) is 0 Å². The Labute approximate surface area is 156 Å². The topological polar surface area (TPSA) is 56.0 Å². The van der Waals surface area contributed by atoms with Gasteiger partial charge < -0.3 is 5.32 Å². The van der Waals surface area contributed by atoms with Gasteiger partial charge in [-0.2, -0.15) is 0 Å². The van der Waals surface area contributed by atoms with Crippen LogP contribution in [0.2, 0.25) is 0 Å². The van der Waals surface area contributed by atoms with Gasteiger partial charge in [0.05, 0.1) is 11.0 Å². The number of aromatic nitrogens is 2. The first-order valence-electron chi connectivity index (χ1n) is 9.03. The van der Waals surface area contributed by atoms with Crippen LogP contribution in [-0.2, 0) is 24.9 Å². The van der Waals surface area contributed by atoms with Crippen molar-refractivity contribution in [2.45, 2.75) is 19.5 Å². The molecule has 0 radical (unpaired) electrons. The minimum atomic E-state index is -0.0990. The molecule has 0 saturated carbocycles. The summed E-state index contributed by atoms with van der Waals surface area (Å²) in [5, 5.41) is 5.28. The first-order chi connectivity index (χ1) is 13.1. The fourth-order valence-electron chi connectivity index (χ4n) is 3.52. The maximum Gasteiger partial charge on any atom is 0.328 e. The smallest absolute Gasteiger partial charge is 0.328 e. The zero-order valence-electron chi connectivity index (χ0n) is 15.2. The number of nitrogens with zero attached hydrogens (tertiary/aromatic N) is 2. The molecule has 1 amide bonds. The summed E-state index contributed by atoms with van der Waals surface area (Å²) >= 11 is 0. The molecule has 4 aromatic rings. The van der Waals surface area contributed by atoms with E-state index < -0.39 is 0 Å². The summed E-state index contributed by atoms with van der Waals surface area (Å²) in [5.41, 5.74) is 2.72. The van der Waals surface area contributed by atoms with E-state index in [1.54, 1.807) is 16.2 Å². The molecule has 1 N–H and O–H groups in total. The van der Waals surface area contributed by atoms with Gasteiger partial charge in [-0.25, -0.2) is 4.79 Å². The highest BCUT2D eigenvalue weighted by Gasteiger charge is 2.11. The van der Waals surface area contributed by atoms with E-state index in [9.17, 15) is 9.59 Å². The maximum atomic E-state index is 12.4. The van der Waals surface area contributed by atoms with Crippen LogP contribution in [-0.4, -0.2) is 15.0 Å². The number of carbonyl (C=O) groups is 1. The van der Waals surface area contributed by atoms with Gasteiger partial charge >= 0.3 is 5.69 Å². The highest BCUT2D eigenvalue weighted by Crippen LogP contribution is 2.18. The molecule has 3 aromatic carbocycles. The quantitative estimate of drug-likeness (QED) is 0.595. The molecular weight excluding hydrogens is 338 g/mol. The second kappa shape index (κ2) is 7.11. The van der Waals surface area contributed by atoms with E-state index in [1.165, 1.54) is 0 Å². The van der Waals surface area contributed by atoms with Crippen LogP contribution in [0.3, 0.4) is 0 Å². The minimum absolute atomic E-state index is 0.0669. The number of rotatable bonds is 5. The molecule has 0 fully saturated rings. The first kappa shape index (κ1) is 17.1. The first-order valence-corrected chi connectivity index (χ1v) is 9.03. The van der Waals surface area contributed by atoms with Crippen LogP contribution in [0.15, 0.2) is 71.5 Å². The average molecular weight is 359 g/mol. The van der Waals surface area contributed by atoms with E-state index in [4.69, 9.17) is 0 Å². The van der Waals surface area contributed by atoms with Crippen molar-refractivity contribution in [1.82, 2.24) is 14.5 Å². The van der Waals surface area contributed by atoms with E-state index in [0.29, 0.717) is 13.1 Å². The van der Waals surface area contributed by atoms with Gasteiger partial charge in [0.2, 0.25) is 5.91 Å². The Morgan fingerprint density at radius 3 is 2.48 bits per heavy atom. The molecule has 136 valence electrons. The van der Waals surface area contributed by atoms with E-state index in [1.807, 2.05) is 48.5 Å². The third-order valence-corrected chi connectivity index (χ3v) is 4.97. The second-order valence-corrected chi connectivity index (χ2v) is 6.65. The van der Waals surface area contributed by atoms with Crippen molar-refractivity contribution in [2.24, 2.45) is 7.05 Å². The molecule has 0 aliphatic rings. The van der Waals surface area contributed by atoms with Crippen molar-refractivity contribution in [3.8, 4) is 0 Å². The summed E-state index contributed by atoms with van der Waals surface area (Å²) in [4.78, 5) is 24.8. The largest absolute Gasteiger partial charge is 0.352 e. The summed E-state index contributed by atoms with van der Waals surface area (Å²) in [7, 11) is 1.75. The summed E-state index contributed by atoms with van der Waals surface area (Å²) in [6.45, 7) is 0.839. The molecule has 0 saturated heterocycles. The van der Waals surface area contributed by atoms with E-state index >= 15 is 0 Å². The van der Waals surface area contributed by atoms with Crippen LogP contribution >= 0.6 is 0 Å². The lowest BCUT2D eigenvalue weighted by molar-refractivity contribution is -0.121. The number of nitrogens with one attached hydrogen (secondary N) is 1. The summed E-state index contributed by atoms with van der Waals surface area (Å²) < 4.78 is 3.27. The molecular formula is C22H21N3O2. The molecule has 5 nitrogen and oxygen atoms in total. The Hall–Kier alpha value is -3.34. The molecule has 4 rings (SSSR count). The van der Waals surface area contributed by atoms with E-state index in [-0.39, 0.29) is 18.0 Å². The molecule has 27 heavy (non-hydrogen) atoms. The normalized spacial score (nSPS) is 11.1. The lowest BCUT2D eigenvalue weighted by atomic mass is 10.0. The molecule has 5 heteroatoms. The number of imidazole rings is 1. The van der Waals surface area contributed by atoms with E-state index in [2.05, 4.69) is 23.5 Å². The lowest BCUT2D eigenvalue weighted by Gasteiger charge is -2.09. The minimum Gasteiger partial charge on any atom is -0.352 e. The Kier molecular flexibility index (Phi) is 4.50. The van der Waals surface area contributed by atoms with Crippen LogP contribution in [0.5, 0.6) is 0 Å². The maximum absolute atomic E-state index is 12.4. The van der Waals surface area contributed by atoms with Gasteiger partial charge in [-0.1, -0.05) is 54.6 Å². The molecule has 0 aliphatic carbocycles. The van der Waals surface area contributed by atoms with Crippen LogP contribution < -0.4 is 11.0 Å². The molecule has 0 bridgehead atoms. The molecule has 0 aliphatic heterocycles. The van der Waals surface area contributed by atoms with Crippen LogP contribution in [0, 0.1) is 0 Å². The molecule has 0 unspecified atom stereocenters. The molecule has 1 heterocycles. The standard InChI is InChI=1S/C22H21N3O2/c1-24-19-11-4-5-12-20(19)25(22(24)27)14-13-21(26)23-15-17-9-6-8-16-7-2-3-10-18(16)17/h2-12H,13-15H2,1H3,(H,23,26). The monoisotopic (exact) mass is 359 g/mol. The van der Waals surface area contributed by atoms with Gasteiger partial charge in [-0.3, -0.25) is 13.9 Å². The van der Waals surface area contributed by atoms with Crippen LogP contribution in [0.25, 0.3) is 21.8 Å². The van der Waals surface area contributed by atoms with Gasteiger partial charge in [0.15, 0.2) is 0 Å². The third kappa shape index (κ3) is 3.24. The van der Waals surface area contributed by atoms with Crippen molar-refractivity contribution in [3.63, 3.8) is 0 Å². The number of amides is 1. The molecule has 0 atom stereocenters. The predicted octanol–water partition coefficient (Wildman–Crippen LogP) is 3.20. The summed E-state index contributed by atoms with van der Waals surface area (Å²) in [5.74, 6) is -0.0669. The fraction of sp³-hybridized carbons (Fsp3) is 0.182. The zero-order chi connectivity index (χ0) is 18.8. The van der Waals surface area contributed by atoms with Gasteiger partial charge in [0.25, 0.3) is 0 Å². The Morgan fingerprint density at radius 1 is 0.926 bits per heavy atom. The molecule has 1 aromatic heterocycles. The Balaban J connectivity index is 1.45. The van der Waals surface area contributed by atoms with Crippen molar-refractivity contribution < 1.29 is 4.79 Å². The number of carbonyl (C=O) groups excluding carboxylic acids is 1. The zero-order valence-corrected chi connectivity index (χ0v) is 15.2.